The van der Waals surface area contributed by atoms with Gasteiger partial charge in [0, 0.05) is 18.5 Å². The van der Waals surface area contributed by atoms with Crippen LogP contribution in [0, 0.1) is 6.92 Å². The molecule has 0 fully saturated rings. The third kappa shape index (κ3) is 6.48. The Hall–Kier alpha value is -2.44. The Kier molecular flexibility index (Phi) is 6.15. The molecule has 0 aliphatic rings. The Morgan fingerprint density at radius 2 is 1.90 bits per heavy atom. The normalized spacial score (nSPS) is 9.85. The third-order valence-electron chi connectivity index (χ3n) is 2.47. The number of pyridine rings is 1. The van der Waals surface area contributed by atoms with Gasteiger partial charge in [0.15, 0.2) is 0 Å². The molecule has 1 rings (SSSR count). The lowest BCUT2D eigenvalue weighted by Crippen LogP contribution is -2.34. The first-order valence-electron chi connectivity index (χ1n) is 6.22. The Labute approximate surface area is 116 Å². The van der Waals surface area contributed by atoms with Crippen molar-refractivity contribution in [2.45, 2.75) is 32.6 Å². The maximum absolute atomic E-state index is 11.5. The van der Waals surface area contributed by atoms with E-state index < -0.39 is 17.9 Å². The van der Waals surface area contributed by atoms with Crippen molar-refractivity contribution in [3.63, 3.8) is 0 Å². The zero-order chi connectivity index (χ0) is 15.0. The lowest BCUT2D eigenvalue weighted by atomic mass is 10.2. The molecule has 108 valence electrons. The van der Waals surface area contributed by atoms with Crippen LogP contribution < -0.4 is 10.6 Å². The van der Waals surface area contributed by atoms with Gasteiger partial charge in [0.05, 0.1) is 11.9 Å². The number of aliphatic carboxylic acids is 1. The van der Waals surface area contributed by atoms with Crippen molar-refractivity contribution in [1.82, 2.24) is 10.3 Å². The summed E-state index contributed by atoms with van der Waals surface area (Å²) in [5.74, 6) is -1.33. The molecular weight excluding hydrogens is 262 g/mol. The molecule has 1 heterocycles. The molecule has 20 heavy (non-hydrogen) atoms. The van der Waals surface area contributed by atoms with E-state index in [0.717, 1.165) is 5.69 Å². The van der Waals surface area contributed by atoms with Crippen LogP contribution >= 0.6 is 0 Å². The summed E-state index contributed by atoms with van der Waals surface area (Å²) in [5.41, 5.74) is 1.32. The van der Waals surface area contributed by atoms with Crippen molar-refractivity contribution in [3.05, 3.63) is 24.0 Å². The molecule has 0 radical (unpaired) electrons. The molecule has 0 bridgehead atoms. The van der Waals surface area contributed by atoms with E-state index >= 15 is 0 Å². The molecule has 7 nitrogen and oxygen atoms in total. The highest BCUT2D eigenvalue weighted by Crippen LogP contribution is 2.05. The lowest BCUT2D eigenvalue weighted by molar-refractivity contribution is -0.137. The zero-order valence-electron chi connectivity index (χ0n) is 11.2. The smallest absolute Gasteiger partial charge is 0.325 e. The van der Waals surface area contributed by atoms with Gasteiger partial charge in [-0.05, 0) is 31.9 Å². The van der Waals surface area contributed by atoms with E-state index in [1.54, 1.807) is 12.1 Å². The van der Waals surface area contributed by atoms with Crippen LogP contribution in [0.5, 0.6) is 0 Å². The van der Waals surface area contributed by atoms with Gasteiger partial charge in [-0.2, -0.15) is 0 Å². The summed E-state index contributed by atoms with van der Waals surface area (Å²) in [6, 6.07) is 2.79. The van der Waals surface area contributed by atoms with E-state index in [0.29, 0.717) is 18.5 Å². The number of unbranched alkanes of at least 4 members (excludes halogenated alkanes) is 1. The lowest BCUT2D eigenvalue weighted by Gasteiger charge is -2.06. The molecule has 3 amide bonds. The van der Waals surface area contributed by atoms with Gasteiger partial charge >= 0.3 is 12.0 Å². The first-order valence-corrected chi connectivity index (χ1v) is 6.22. The number of carboxylic acid groups (broad SMARTS) is 1. The van der Waals surface area contributed by atoms with Crippen LogP contribution in [0.25, 0.3) is 0 Å². The Morgan fingerprint density at radius 3 is 2.50 bits per heavy atom. The maximum Gasteiger partial charge on any atom is 0.325 e. The molecule has 0 unspecified atom stereocenters. The van der Waals surface area contributed by atoms with Crippen LogP contribution in [-0.4, -0.2) is 28.0 Å². The van der Waals surface area contributed by atoms with E-state index in [2.05, 4.69) is 15.6 Å². The molecule has 1 aromatic rings. The number of urea groups is 1. The fraction of sp³-hybridized carbons (Fsp3) is 0.385. The van der Waals surface area contributed by atoms with E-state index in [1.807, 2.05) is 6.92 Å². The standard InChI is InChI=1S/C13H17N3O4/c1-9-6-7-10(8-14-9)15-13(20)16-11(17)4-2-3-5-12(18)19/h6-8H,2-5H2,1H3,(H,18,19)(H2,15,16,17,20). The minimum absolute atomic E-state index is 0.0223. The number of carbonyl (C=O) groups excluding carboxylic acids is 2. The SMILES string of the molecule is Cc1ccc(NC(=O)NC(=O)CCCCC(=O)O)cn1. The predicted octanol–water partition coefficient (Wildman–Crippen LogP) is 1.68. The van der Waals surface area contributed by atoms with E-state index in [9.17, 15) is 14.4 Å². The van der Waals surface area contributed by atoms with Crippen LogP contribution in [0.3, 0.4) is 0 Å². The van der Waals surface area contributed by atoms with Gasteiger partial charge in [-0.15, -0.1) is 0 Å². The van der Waals surface area contributed by atoms with Crippen molar-refractivity contribution in [3.8, 4) is 0 Å². The molecule has 0 saturated heterocycles. The summed E-state index contributed by atoms with van der Waals surface area (Å²) in [6.07, 6.45) is 2.47. The number of anilines is 1. The first kappa shape index (κ1) is 15.6. The number of aromatic nitrogens is 1. The number of amides is 3. The molecule has 3 N–H and O–H groups in total. The summed E-state index contributed by atoms with van der Waals surface area (Å²) in [4.78, 5) is 37.2. The number of aryl methyl sites for hydroxylation is 1. The fourth-order valence-corrected chi connectivity index (χ4v) is 1.46. The van der Waals surface area contributed by atoms with Crippen molar-refractivity contribution < 1.29 is 19.5 Å². The van der Waals surface area contributed by atoms with Crippen molar-refractivity contribution in [2.24, 2.45) is 0 Å². The number of imide groups is 1. The third-order valence-corrected chi connectivity index (χ3v) is 2.47. The minimum Gasteiger partial charge on any atom is -0.481 e. The summed E-state index contributed by atoms with van der Waals surface area (Å²) >= 11 is 0. The Bertz CT molecular complexity index is 485. The average molecular weight is 279 g/mol. The number of rotatable bonds is 6. The number of nitrogens with zero attached hydrogens (tertiary/aromatic N) is 1. The van der Waals surface area contributed by atoms with Gasteiger partial charge in [0.2, 0.25) is 5.91 Å². The second-order valence-corrected chi connectivity index (χ2v) is 4.29. The summed E-state index contributed by atoms with van der Waals surface area (Å²) in [7, 11) is 0. The highest BCUT2D eigenvalue weighted by Gasteiger charge is 2.08. The largest absolute Gasteiger partial charge is 0.481 e. The molecular formula is C13H17N3O4. The maximum atomic E-state index is 11.5. The van der Waals surface area contributed by atoms with E-state index in [4.69, 9.17) is 5.11 Å². The molecule has 0 aliphatic heterocycles. The van der Waals surface area contributed by atoms with Gasteiger partial charge in [0.1, 0.15) is 0 Å². The van der Waals surface area contributed by atoms with Crippen molar-refractivity contribution in [1.29, 1.82) is 0 Å². The van der Waals surface area contributed by atoms with Crippen LogP contribution in [-0.2, 0) is 9.59 Å². The Morgan fingerprint density at radius 1 is 1.20 bits per heavy atom. The van der Waals surface area contributed by atoms with Crippen LogP contribution in [0.2, 0.25) is 0 Å². The zero-order valence-corrected chi connectivity index (χ0v) is 11.2. The summed E-state index contributed by atoms with van der Waals surface area (Å²) in [5, 5.41) is 13.1. The van der Waals surface area contributed by atoms with Gasteiger partial charge in [-0.25, -0.2) is 4.79 Å². The van der Waals surface area contributed by atoms with Crippen LogP contribution in [0.15, 0.2) is 18.3 Å². The number of nitrogens with one attached hydrogen (secondary N) is 2. The minimum atomic E-state index is -0.893. The molecule has 0 aliphatic carbocycles. The molecule has 0 aromatic carbocycles. The summed E-state index contributed by atoms with van der Waals surface area (Å²) in [6.45, 7) is 1.82. The number of carbonyl (C=O) groups is 3. The van der Waals surface area contributed by atoms with Gasteiger partial charge in [0.25, 0.3) is 0 Å². The number of carboxylic acids is 1. The quantitative estimate of drug-likeness (QED) is 0.686. The van der Waals surface area contributed by atoms with Crippen LogP contribution in [0.4, 0.5) is 10.5 Å². The monoisotopic (exact) mass is 279 g/mol. The summed E-state index contributed by atoms with van der Waals surface area (Å²) < 4.78 is 0. The fourth-order valence-electron chi connectivity index (χ4n) is 1.46. The van der Waals surface area contributed by atoms with Crippen molar-refractivity contribution >= 4 is 23.6 Å². The Balaban J connectivity index is 2.26. The second-order valence-electron chi connectivity index (χ2n) is 4.29. The molecule has 7 heteroatoms. The molecule has 0 saturated carbocycles. The first-order chi connectivity index (χ1) is 9.47. The molecule has 0 spiro atoms. The van der Waals surface area contributed by atoms with Crippen molar-refractivity contribution in [2.75, 3.05) is 5.32 Å². The number of hydrogen-bond donors (Lipinski definition) is 3. The highest BCUT2D eigenvalue weighted by molar-refractivity contribution is 6.01. The topological polar surface area (TPSA) is 108 Å². The van der Waals surface area contributed by atoms with Gasteiger partial charge < -0.3 is 10.4 Å². The second kappa shape index (κ2) is 7.88. The number of hydrogen-bond acceptors (Lipinski definition) is 4. The molecule has 1 aromatic heterocycles. The van der Waals surface area contributed by atoms with E-state index in [-0.39, 0.29) is 12.8 Å². The van der Waals surface area contributed by atoms with E-state index in [1.165, 1.54) is 6.20 Å². The molecule has 0 atom stereocenters. The van der Waals surface area contributed by atoms with Gasteiger partial charge in [-0.3, -0.25) is 19.9 Å². The van der Waals surface area contributed by atoms with Crippen LogP contribution in [0.1, 0.15) is 31.4 Å². The van der Waals surface area contributed by atoms with Gasteiger partial charge in [-0.1, -0.05) is 0 Å². The average Bonchev–Trinajstić information content (AvgIpc) is 2.37. The predicted molar refractivity (Wildman–Crippen MR) is 72.2 cm³/mol. The highest BCUT2D eigenvalue weighted by atomic mass is 16.4.